The van der Waals surface area contributed by atoms with Crippen LogP contribution in [0.5, 0.6) is 0 Å². The fraction of sp³-hybridized carbons (Fsp3) is 0.750. The van der Waals surface area contributed by atoms with Crippen molar-refractivity contribution < 1.29 is 27.9 Å². The molecule has 0 saturated heterocycles. The van der Waals surface area contributed by atoms with Crippen LogP contribution in [-0.4, -0.2) is 28.7 Å². The lowest BCUT2D eigenvalue weighted by molar-refractivity contribution is -0.176. The predicted octanol–water partition coefficient (Wildman–Crippen LogP) is 0.918. The van der Waals surface area contributed by atoms with Crippen molar-refractivity contribution in [2.75, 3.05) is 0 Å². The van der Waals surface area contributed by atoms with Gasteiger partial charge in [-0.25, -0.2) is 4.79 Å². The van der Waals surface area contributed by atoms with Crippen LogP contribution in [0.3, 0.4) is 0 Å². The highest BCUT2D eigenvalue weighted by molar-refractivity contribution is 5.93. The smallest absolute Gasteiger partial charge is 0.471 e. The van der Waals surface area contributed by atoms with Gasteiger partial charge in [0.25, 0.3) is 0 Å². The zero-order valence-electron chi connectivity index (χ0n) is 8.10. The summed E-state index contributed by atoms with van der Waals surface area (Å²) in [6.07, 6.45) is -5.06. The molecule has 86 valence electrons. The zero-order chi connectivity index (χ0) is 12.1. The fourth-order valence-corrected chi connectivity index (χ4v) is 1.52. The van der Waals surface area contributed by atoms with Crippen molar-refractivity contribution in [3.05, 3.63) is 0 Å². The van der Waals surface area contributed by atoms with E-state index < -0.39 is 29.0 Å². The molecule has 0 bridgehead atoms. The van der Waals surface area contributed by atoms with E-state index in [2.05, 4.69) is 0 Å². The molecule has 0 aromatic heterocycles. The van der Waals surface area contributed by atoms with Gasteiger partial charge in [0.2, 0.25) is 0 Å². The molecule has 1 fully saturated rings. The molecule has 1 aliphatic carbocycles. The SMILES string of the molecule is CC1(C)CC1(NC(=O)C(F)(F)F)C(=O)O. The van der Waals surface area contributed by atoms with Crippen molar-refractivity contribution in [1.29, 1.82) is 0 Å². The lowest BCUT2D eigenvalue weighted by Gasteiger charge is -2.18. The molecular weight excluding hydrogens is 215 g/mol. The van der Waals surface area contributed by atoms with E-state index in [0.717, 1.165) is 0 Å². The molecule has 1 unspecified atom stereocenters. The number of halogens is 3. The molecule has 0 spiro atoms. The molecular formula is C8H10F3NO3. The first kappa shape index (κ1) is 11.8. The first-order valence-electron chi connectivity index (χ1n) is 4.16. The predicted molar refractivity (Wildman–Crippen MR) is 43.0 cm³/mol. The molecule has 1 atom stereocenters. The number of carboxylic acid groups (broad SMARTS) is 1. The molecule has 1 saturated carbocycles. The molecule has 0 aliphatic heterocycles. The van der Waals surface area contributed by atoms with Gasteiger partial charge in [0.05, 0.1) is 0 Å². The number of hydrogen-bond acceptors (Lipinski definition) is 2. The van der Waals surface area contributed by atoms with E-state index in [-0.39, 0.29) is 6.42 Å². The maximum absolute atomic E-state index is 11.9. The minimum atomic E-state index is -5.05. The van der Waals surface area contributed by atoms with Crippen LogP contribution < -0.4 is 5.32 Å². The number of amides is 1. The third kappa shape index (κ3) is 1.78. The Kier molecular flexibility index (Phi) is 2.25. The number of alkyl halides is 3. The quantitative estimate of drug-likeness (QED) is 0.734. The molecule has 0 radical (unpaired) electrons. The number of rotatable bonds is 2. The summed E-state index contributed by atoms with van der Waals surface area (Å²) in [6.45, 7) is 2.97. The maximum atomic E-state index is 11.9. The Morgan fingerprint density at radius 1 is 1.33 bits per heavy atom. The van der Waals surface area contributed by atoms with E-state index in [4.69, 9.17) is 5.11 Å². The topological polar surface area (TPSA) is 66.4 Å². The monoisotopic (exact) mass is 225 g/mol. The molecule has 0 heterocycles. The fourth-order valence-electron chi connectivity index (χ4n) is 1.52. The van der Waals surface area contributed by atoms with Gasteiger partial charge in [0.1, 0.15) is 5.54 Å². The molecule has 1 aliphatic rings. The van der Waals surface area contributed by atoms with E-state index in [1.165, 1.54) is 19.2 Å². The molecule has 15 heavy (non-hydrogen) atoms. The Labute approximate surface area is 83.5 Å². The van der Waals surface area contributed by atoms with E-state index in [9.17, 15) is 22.8 Å². The van der Waals surface area contributed by atoms with Gasteiger partial charge >= 0.3 is 18.1 Å². The second kappa shape index (κ2) is 2.86. The first-order valence-corrected chi connectivity index (χ1v) is 4.16. The van der Waals surface area contributed by atoms with Crippen LogP contribution in [0.1, 0.15) is 20.3 Å². The van der Waals surface area contributed by atoms with E-state index >= 15 is 0 Å². The summed E-state index contributed by atoms with van der Waals surface area (Å²) in [6, 6.07) is 0. The van der Waals surface area contributed by atoms with Crippen LogP contribution in [0, 0.1) is 5.41 Å². The number of carbonyl (C=O) groups is 2. The maximum Gasteiger partial charge on any atom is 0.471 e. The Morgan fingerprint density at radius 2 is 1.73 bits per heavy atom. The molecule has 0 aromatic rings. The Balaban J connectivity index is 2.82. The minimum absolute atomic E-state index is 0.00282. The average molecular weight is 225 g/mol. The van der Waals surface area contributed by atoms with E-state index in [1.807, 2.05) is 0 Å². The van der Waals surface area contributed by atoms with Crippen molar-refractivity contribution >= 4 is 11.9 Å². The van der Waals surface area contributed by atoms with Gasteiger partial charge in [-0.3, -0.25) is 4.79 Å². The summed E-state index contributed by atoms with van der Waals surface area (Å²) in [5.74, 6) is -3.65. The van der Waals surface area contributed by atoms with Gasteiger partial charge in [0.15, 0.2) is 0 Å². The highest BCUT2D eigenvalue weighted by atomic mass is 19.4. The van der Waals surface area contributed by atoms with Crippen molar-refractivity contribution in [2.45, 2.75) is 32.0 Å². The number of nitrogens with one attached hydrogen (secondary N) is 1. The summed E-state index contributed by atoms with van der Waals surface area (Å²) in [5.41, 5.74) is -2.63. The Hall–Kier alpha value is -1.27. The highest BCUT2D eigenvalue weighted by Gasteiger charge is 2.69. The highest BCUT2D eigenvalue weighted by Crippen LogP contribution is 2.55. The van der Waals surface area contributed by atoms with Gasteiger partial charge < -0.3 is 10.4 Å². The summed E-state index contributed by atoms with van der Waals surface area (Å²) in [7, 11) is 0. The van der Waals surface area contributed by atoms with Gasteiger partial charge in [-0.2, -0.15) is 13.2 Å². The van der Waals surface area contributed by atoms with Crippen LogP contribution >= 0.6 is 0 Å². The van der Waals surface area contributed by atoms with Gasteiger partial charge in [0, 0.05) is 5.41 Å². The Bertz CT molecular complexity index is 324. The third-order valence-corrected chi connectivity index (χ3v) is 2.69. The van der Waals surface area contributed by atoms with Crippen molar-refractivity contribution in [1.82, 2.24) is 5.32 Å². The summed E-state index contributed by atoms with van der Waals surface area (Å²) >= 11 is 0. The largest absolute Gasteiger partial charge is 0.479 e. The van der Waals surface area contributed by atoms with Crippen molar-refractivity contribution in [3.63, 3.8) is 0 Å². The van der Waals surface area contributed by atoms with Gasteiger partial charge in [-0.15, -0.1) is 0 Å². The molecule has 1 amide bonds. The lowest BCUT2D eigenvalue weighted by atomic mass is 10.0. The Morgan fingerprint density at radius 3 is 1.93 bits per heavy atom. The van der Waals surface area contributed by atoms with Crippen molar-refractivity contribution in [3.8, 4) is 0 Å². The lowest BCUT2D eigenvalue weighted by Crippen LogP contribution is -2.51. The van der Waals surface area contributed by atoms with Crippen LogP contribution in [0.2, 0.25) is 0 Å². The average Bonchev–Trinajstić information content (AvgIpc) is 2.52. The normalized spacial score (nSPS) is 28.3. The number of aliphatic carboxylic acids is 1. The number of carbonyl (C=O) groups excluding carboxylic acids is 1. The number of carboxylic acids is 1. The van der Waals surface area contributed by atoms with E-state index in [1.54, 1.807) is 0 Å². The van der Waals surface area contributed by atoms with Crippen LogP contribution in [0.15, 0.2) is 0 Å². The molecule has 2 N–H and O–H groups in total. The van der Waals surface area contributed by atoms with Crippen LogP contribution in [0.25, 0.3) is 0 Å². The van der Waals surface area contributed by atoms with Crippen LogP contribution in [-0.2, 0) is 9.59 Å². The molecule has 0 aromatic carbocycles. The minimum Gasteiger partial charge on any atom is -0.479 e. The summed E-state index contributed by atoms with van der Waals surface area (Å²) < 4.78 is 35.8. The van der Waals surface area contributed by atoms with Crippen LogP contribution in [0.4, 0.5) is 13.2 Å². The second-order valence-electron chi connectivity index (χ2n) is 4.22. The molecule has 1 rings (SSSR count). The van der Waals surface area contributed by atoms with Gasteiger partial charge in [-0.05, 0) is 6.42 Å². The summed E-state index contributed by atoms with van der Waals surface area (Å²) in [4.78, 5) is 21.4. The first-order chi connectivity index (χ1) is 6.53. The van der Waals surface area contributed by atoms with Gasteiger partial charge in [-0.1, -0.05) is 13.8 Å². The third-order valence-electron chi connectivity index (χ3n) is 2.69. The zero-order valence-corrected chi connectivity index (χ0v) is 8.10. The molecule has 7 heteroatoms. The summed E-state index contributed by atoms with van der Waals surface area (Å²) in [5, 5.41) is 10.3. The van der Waals surface area contributed by atoms with Crippen molar-refractivity contribution in [2.24, 2.45) is 5.41 Å². The second-order valence-corrected chi connectivity index (χ2v) is 4.22. The number of hydrogen-bond donors (Lipinski definition) is 2. The standard InChI is InChI=1S/C8H10F3NO3/c1-6(2)3-7(6,5(14)15)12-4(13)8(9,10)11/h3H2,1-2H3,(H,12,13)(H,14,15). The molecule has 4 nitrogen and oxygen atoms in total. The van der Waals surface area contributed by atoms with E-state index in [0.29, 0.717) is 0 Å².